The van der Waals surface area contributed by atoms with E-state index in [1.807, 2.05) is 19.1 Å². The molecule has 0 aliphatic rings. The largest absolute Gasteiger partial charge is 0.497 e. The van der Waals surface area contributed by atoms with Crippen LogP contribution in [0.5, 0.6) is 0 Å². The maximum atomic E-state index is 5.84. The van der Waals surface area contributed by atoms with Crippen molar-refractivity contribution in [2.24, 2.45) is 0 Å². The number of nitrogens with two attached hydrogens (primary N) is 1. The summed E-state index contributed by atoms with van der Waals surface area (Å²) in [7, 11) is 1.58. The van der Waals surface area contributed by atoms with Gasteiger partial charge in [-0.15, -0.1) is 0 Å². The molecule has 13 heavy (non-hydrogen) atoms. The summed E-state index contributed by atoms with van der Waals surface area (Å²) >= 11 is 3.37. The Labute approximate surface area is 86.5 Å². The summed E-state index contributed by atoms with van der Waals surface area (Å²) in [5.41, 5.74) is 8.47. The van der Waals surface area contributed by atoms with Crippen molar-refractivity contribution in [3.05, 3.63) is 34.3 Å². The molecule has 0 aliphatic heterocycles. The Balaban J connectivity index is 3.28. The molecule has 0 saturated carbocycles. The number of ether oxygens (including phenoxy) is 1. The van der Waals surface area contributed by atoms with E-state index in [1.54, 1.807) is 7.11 Å². The van der Waals surface area contributed by atoms with Gasteiger partial charge < -0.3 is 10.5 Å². The number of rotatable bonds is 2. The molecule has 1 aromatic rings. The summed E-state index contributed by atoms with van der Waals surface area (Å²) in [5, 5.41) is 0. The van der Waals surface area contributed by atoms with Crippen molar-refractivity contribution in [1.29, 1.82) is 0 Å². The highest BCUT2D eigenvalue weighted by Crippen LogP contribution is 2.29. The van der Waals surface area contributed by atoms with Crippen molar-refractivity contribution in [1.82, 2.24) is 0 Å². The minimum atomic E-state index is 0.585. The smallest absolute Gasteiger partial charge is 0.121 e. The van der Waals surface area contributed by atoms with Gasteiger partial charge in [0, 0.05) is 10.0 Å². The molecule has 0 saturated heterocycles. The monoisotopic (exact) mass is 241 g/mol. The van der Waals surface area contributed by atoms with Gasteiger partial charge in [-0.05, 0) is 40.5 Å². The number of nitrogen functional groups attached to an aromatic ring is 1. The van der Waals surface area contributed by atoms with Crippen LogP contribution in [0.3, 0.4) is 0 Å². The quantitative estimate of drug-likeness (QED) is 0.639. The third-order valence-electron chi connectivity index (χ3n) is 1.82. The highest BCUT2D eigenvalue weighted by Gasteiger charge is 2.07. The molecule has 70 valence electrons. The Bertz CT molecular complexity index is 347. The number of hydrogen-bond acceptors (Lipinski definition) is 2. The molecule has 0 spiro atoms. The van der Waals surface area contributed by atoms with E-state index in [0.29, 0.717) is 11.4 Å². The molecule has 1 rings (SSSR count). The highest BCUT2D eigenvalue weighted by molar-refractivity contribution is 9.10. The molecule has 0 fully saturated rings. The normalized spacial score (nSPS) is 9.77. The molecule has 0 atom stereocenters. The zero-order valence-electron chi connectivity index (χ0n) is 7.73. The topological polar surface area (TPSA) is 35.2 Å². The number of aryl methyl sites for hydroxylation is 1. The second-order valence-corrected chi connectivity index (χ2v) is 3.69. The summed E-state index contributed by atoms with van der Waals surface area (Å²) in [4.78, 5) is 0. The minimum absolute atomic E-state index is 0.585. The van der Waals surface area contributed by atoms with Crippen LogP contribution in [-0.4, -0.2) is 7.11 Å². The summed E-state index contributed by atoms with van der Waals surface area (Å²) in [6.07, 6.45) is 0. The Hall–Kier alpha value is -0.960. The maximum absolute atomic E-state index is 5.84. The predicted molar refractivity (Wildman–Crippen MR) is 59.3 cm³/mol. The molecule has 1 aromatic carbocycles. The summed E-state index contributed by atoms with van der Waals surface area (Å²) in [5.74, 6) is 0.585. The molecule has 0 unspecified atom stereocenters. The molecule has 0 aliphatic carbocycles. The lowest BCUT2D eigenvalue weighted by Gasteiger charge is -2.10. The molecule has 3 heteroatoms. The number of anilines is 1. The van der Waals surface area contributed by atoms with Crippen LogP contribution in [0.15, 0.2) is 23.2 Å². The standard InChI is InChI=1S/C10H12BrNO/c1-6-4-8(7(2)13-3)10(12)9(11)5-6/h4-5H,2,12H2,1,3H3. The van der Waals surface area contributed by atoms with Crippen molar-refractivity contribution in [3.8, 4) is 0 Å². The Morgan fingerprint density at radius 1 is 1.54 bits per heavy atom. The van der Waals surface area contributed by atoms with Gasteiger partial charge in [0.25, 0.3) is 0 Å². The Kier molecular flexibility index (Phi) is 2.98. The Morgan fingerprint density at radius 3 is 2.69 bits per heavy atom. The molecule has 0 amide bonds. The minimum Gasteiger partial charge on any atom is -0.497 e. The predicted octanol–water partition coefficient (Wildman–Crippen LogP) is 2.96. The number of methoxy groups -OCH3 is 1. The van der Waals surface area contributed by atoms with E-state index in [4.69, 9.17) is 10.5 Å². The van der Waals surface area contributed by atoms with Crippen LogP contribution < -0.4 is 5.73 Å². The maximum Gasteiger partial charge on any atom is 0.121 e. The van der Waals surface area contributed by atoms with Crippen LogP contribution in [0.25, 0.3) is 5.76 Å². The van der Waals surface area contributed by atoms with Crippen LogP contribution in [0.4, 0.5) is 5.69 Å². The van der Waals surface area contributed by atoms with Crippen molar-refractivity contribution in [2.75, 3.05) is 12.8 Å². The van der Waals surface area contributed by atoms with E-state index >= 15 is 0 Å². The van der Waals surface area contributed by atoms with E-state index in [0.717, 1.165) is 15.6 Å². The molecule has 2 nitrogen and oxygen atoms in total. The fourth-order valence-corrected chi connectivity index (χ4v) is 1.67. The fraction of sp³-hybridized carbons (Fsp3) is 0.200. The van der Waals surface area contributed by atoms with E-state index in [-0.39, 0.29) is 0 Å². The van der Waals surface area contributed by atoms with Crippen molar-refractivity contribution in [3.63, 3.8) is 0 Å². The molecule has 0 heterocycles. The second kappa shape index (κ2) is 3.83. The lowest BCUT2D eigenvalue weighted by atomic mass is 10.1. The van der Waals surface area contributed by atoms with Crippen LogP contribution in [0, 0.1) is 6.92 Å². The van der Waals surface area contributed by atoms with Crippen molar-refractivity contribution >= 4 is 27.4 Å². The first-order chi connectivity index (χ1) is 6.06. The van der Waals surface area contributed by atoms with Gasteiger partial charge in [-0.2, -0.15) is 0 Å². The third kappa shape index (κ3) is 2.04. The van der Waals surface area contributed by atoms with E-state index < -0.39 is 0 Å². The fourth-order valence-electron chi connectivity index (χ4n) is 1.09. The van der Waals surface area contributed by atoms with Gasteiger partial charge in [0.2, 0.25) is 0 Å². The SMILES string of the molecule is C=C(OC)c1cc(C)cc(Br)c1N. The lowest BCUT2D eigenvalue weighted by molar-refractivity contribution is 0.371. The zero-order chi connectivity index (χ0) is 10.0. The van der Waals surface area contributed by atoms with Crippen LogP contribution >= 0.6 is 15.9 Å². The average Bonchev–Trinajstić information content (AvgIpc) is 2.10. The van der Waals surface area contributed by atoms with Crippen molar-refractivity contribution in [2.45, 2.75) is 6.92 Å². The van der Waals surface area contributed by atoms with Gasteiger partial charge in [0.05, 0.1) is 12.8 Å². The number of hydrogen-bond donors (Lipinski definition) is 1. The van der Waals surface area contributed by atoms with Gasteiger partial charge in [0.15, 0.2) is 0 Å². The molecular weight excluding hydrogens is 230 g/mol. The molecule has 0 aromatic heterocycles. The summed E-state index contributed by atoms with van der Waals surface area (Å²) in [6.45, 7) is 5.76. The van der Waals surface area contributed by atoms with E-state index in [2.05, 4.69) is 22.5 Å². The first-order valence-corrected chi connectivity index (χ1v) is 4.64. The van der Waals surface area contributed by atoms with Gasteiger partial charge in [-0.1, -0.05) is 6.58 Å². The van der Waals surface area contributed by atoms with E-state index in [1.165, 1.54) is 0 Å². The number of halogens is 1. The lowest BCUT2D eigenvalue weighted by Crippen LogP contribution is -1.96. The molecular formula is C10H12BrNO. The van der Waals surface area contributed by atoms with Crippen LogP contribution in [0.2, 0.25) is 0 Å². The van der Waals surface area contributed by atoms with Gasteiger partial charge in [0.1, 0.15) is 5.76 Å². The summed E-state index contributed by atoms with van der Waals surface area (Å²) < 4.78 is 5.91. The number of benzene rings is 1. The average molecular weight is 242 g/mol. The van der Waals surface area contributed by atoms with Crippen molar-refractivity contribution < 1.29 is 4.74 Å². The van der Waals surface area contributed by atoms with Crippen LogP contribution in [0.1, 0.15) is 11.1 Å². The second-order valence-electron chi connectivity index (χ2n) is 2.84. The van der Waals surface area contributed by atoms with Gasteiger partial charge in [-0.25, -0.2) is 0 Å². The molecule has 0 bridgehead atoms. The zero-order valence-corrected chi connectivity index (χ0v) is 9.31. The highest BCUT2D eigenvalue weighted by atomic mass is 79.9. The summed E-state index contributed by atoms with van der Waals surface area (Å²) in [6, 6.07) is 3.91. The first kappa shape index (κ1) is 10.1. The van der Waals surface area contributed by atoms with Gasteiger partial charge in [-0.3, -0.25) is 0 Å². The van der Waals surface area contributed by atoms with E-state index in [9.17, 15) is 0 Å². The third-order valence-corrected chi connectivity index (χ3v) is 2.48. The van der Waals surface area contributed by atoms with Gasteiger partial charge >= 0.3 is 0 Å². The first-order valence-electron chi connectivity index (χ1n) is 3.85. The Morgan fingerprint density at radius 2 is 2.15 bits per heavy atom. The molecule has 0 radical (unpaired) electrons. The van der Waals surface area contributed by atoms with Crippen LogP contribution in [-0.2, 0) is 4.74 Å². The molecule has 2 N–H and O–H groups in total.